The van der Waals surface area contributed by atoms with Gasteiger partial charge in [0.15, 0.2) is 17.5 Å². The third kappa shape index (κ3) is 4.19. The monoisotopic (exact) mass is 325 g/mol. The molecule has 0 radical (unpaired) electrons. The maximum Gasteiger partial charge on any atom is 0.274 e. The van der Waals surface area contributed by atoms with Crippen LogP contribution in [0, 0.1) is 17.5 Å². The van der Waals surface area contributed by atoms with Crippen molar-refractivity contribution in [1.82, 2.24) is 4.98 Å². The van der Waals surface area contributed by atoms with Crippen LogP contribution in [0.5, 0.6) is 0 Å². The fourth-order valence-corrected chi connectivity index (χ4v) is 1.74. The predicted molar refractivity (Wildman–Crippen MR) is 78.9 cm³/mol. The Morgan fingerprint density at radius 3 is 2.61 bits per heavy atom. The Morgan fingerprint density at radius 2 is 1.96 bits per heavy atom. The molecule has 0 aliphatic rings. The SMILES string of the molecule is COCCNc1ccc(C(=O)Nc2ccc(F)c(F)c2F)nc1. The van der Waals surface area contributed by atoms with Gasteiger partial charge in [0.25, 0.3) is 5.91 Å². The summed E-state index contributed by atoms with van der Waals surface area (Å²) in [5, 5.41) is 5.16. The van der Waals surface area contributed by atoms with Crippen molar-refractivity contribution in [1.29, 1.82) is 0 Å². The Labute approximate surface area is 130 Å². The molecule has 0 aliphatic carbocycles. The first kappa shape index (κ1) is 16.8. The van der Waals surface area contributed by atoms with Gasteiger partial charge in [-0.3, -0.25) is 4.79 Å². The summed E-state index contributed by atoms with van der Waals surface area (Å²) >= 11 is 0. The van der Waals surface area contributed by atoms with Gasteiger partial charge in [-0.05, 0) is 24.3 Å². The van der Waals surface area contributed by atoms with Gasteiger partial charge in [-0.2, -0.15) is 0 Å². The molecule has 0 bridgehead atoms. The van der Waals surface area contributed by atoms with Crippen LogP contribution in [-0.2, 0) is 4.74 Å². The molecule has 0 saturated heterocycles. The van der Waals surface area contributed by atoms with E-state index in [1.165, 1.54) is 12.3 Å². The van der Waals surface area contributed by atoms with Crippen molar-refractivity contribution in [3.8, 4) is 0 Å². The van der Waals surface area contributed by atoms with E-state index in [1.807, 2.05) is 0 Å². The lowest BCUT2D eigenvalue weighted by Gasteiger charge is -2.08. The zero-order valence-corrected chi connectivity index (χ0v) is 12.2. The van der Waals surface area contributed by atoms with E-state index < -0.39 is 29.0 Å². The highest BCUT2D eigenvalue weighted by Gasteiger charge is 2.16. The molecule has 0 unspecified atom stereocenters. The zero-order chi connectivity index (χ0) is 16.8. The number of hydrogen-bond acceptors (Lipinski definition) is 4. The number of hydrogen-bond donors (Lipinski definition) is 2. The first-order valence-corrected chi connectivity index (χ1v) is 6.66. The number of rotatable bonds is 6. The van der Waals surface area contributed by atoms with Gasteiger partial charge >= 0.3 is 0 Å². The van der Waals surface area contributed by atoms with Crippen LogP contribution >= 0.6 is 0 Å². The molecule has 2 rings (SSSR count). The summed E-state index contributed by atoms with van der Waals surface area (Å²) < 4.78 is 44.3. The van der Waals surface area contributed by atoms with E-state index in [2.05, 4.69) is 15.6 Å². The van der Waals surface area contributed by atoms with Gasteiger partial charge in [0.1, 0.15) is 5.69 Å². The van der Waals surface area contributed by atoms with E-state index >= 15 is 0 Å². The van der Waals surface area contributed by atoms with Gasteiger partial charge in [-0.25, -0.2) is 18.2 Å². The van der Waals surface area contributed by atoms with Gasteiger partial charge in [0.2, 0.25) is 0 Å². The number of ether oxygens (including phenoxy) is 1. The average Bonchev–Trinajstić information content (AvgIpc) is 2.56. The predicted octanol–water partition coefficient (Wildman–Crippen LogP) is 2.81. The van der Waals surface area contributed by atoms with E-state index in [9.17, 15) is 18.0 Å². The molecule has 0 saturated carbocycles. The molecule has 23 heavy (non-hydrogen) atoms. The Hall–Kier alpha value is -2.61. The molecule has 1 heterocycles. The van der Waals surface area contributed by atoms with Crippen molar-refractivity contribution in [3.63, 3.8) is 0 Å². The Balaban J connectivity index is 2.05. The molecule has 0 aliphatic heterocycles. The second-order valence-electron chi connectivity index (χ2n) is 4.53. The minimum absolute atomic E-state index is 0.00595. The van der Waals surface area contributed by atoms with E-state index in [0.29, 0.717) is 18.8 Å². The van der Waals surface area contributed by atoms with Gasteiger partial charge in [-0.15, -0.1) is 0 Å². The molecule has 2 N–H and O–H groups in total. The number of carbonyl (C=O) groups is 1. The van der Waals surface area contributed by atoms with Crippen molar-refractivity contribution in [2.24, 2.45) is 0 Å². The fourth-order valence-electron chi connectivity index (χ4n) is 1.74. The minimum atomic E-state index is -1.64. The summed E-state index contributed by atoms with van der Waals surface area (Å²) in [5.74, 6) is -5.17. The Morgan fingerprint density at radius 1 is 1.17 bits per heavy atom. The van der Waals surface area contributed by atoms with E-state index in [4.69, 9.17) is 4.74 Å². The zero-order valence-electron chi connectivity index (χ0n) is 12.2. The molecule has 5 nitrogen and oxygen atoms in total. The second kappa shape index (κ2) is 7.59. The highest BCUT2D eigenvalue weighted by Crippen LogP contribution is 2.20. The molecule has 8 heteroatoms. The third-order valence-corrected chi connectivity index (χ3v) is 2.91. The van der Waals surface area contributed by atoms with Gasteiger partial charge in [0, 0.05) is 13.7 Å². The maximum atomic E-state index is 13.5. The number of amides is 1. The molecule has 0 fully saturated rings. The summed E-state index contributed by atoms with van der Waals surface area (Å²) in [6.07, 6.45) is 1.42. The number of anilines is 2. The molecule has 0 atom stereocenters. The van der Waals surface area contributed by atoms with E-state index in [1.54, 1.807) is 13.2 Å². The molecular weight excluding hydrogens is 311 g/mol. The van der Waals surface area contributed by atoms with Crippen molar-refractivity contribution < 1.29 is 22.7 Å². The number of benzene rings is 1. The standard InChI is InChI=1S/C15H14F3N3O2/c1-23-7-6-19-9-2-4-12(20-8-9)15(22)21-11-5-3-10(16)13(17)14(11)18/h2-5,8,19H,6-7H2,1H3,(H,21,22). The number of carbonyl (C=O) groups excluding carboxylic acids is 1. The lowest BCUT2D eigenvalue weighted by molar-refractivity contribution is 0.102. The lowest BCUT2D eigenvalue weighted by atomic mass is 10.2. The summed E-state index contributed by atoms with van der Waals surface area (Å²) in [5.41, 5.74) is 0.224. The molecule has 1 amide bonds. The van der Waals surface area contributed by atoms with Crippen molar-refractivity contribution >= 4 is 17.3 Å². The van der Waals surface area contributed by atoms with Crippen LogP contribution in [0.1, 0.15) is 10.5 Å². The van der Waals surface area contributed by atoms with Crippen molar-refractivity contribution in [2.45, 2.75) is 0 Å². The lowest BCUT2D eigenvalue weighted by Crippen LogP contribution is -2.15. The highest BCUT2D eigenvalue weighted by molar-refractivity contribution is 6.03. The number of halogens is 3. The summed E-state index contributed by atoms with van der Waals surface area (Å²) in [4.78, 5) is 15.9. The first-order chi connectivity index (χ1) is 11.0. The summed E-state index contributed by atoms with van der Waals surface area (Å²) in [6.45, 7) is 1.08. The quantitative estimate of drug-likeness (QED) is 0.633. The molecule has 1 aromatic heterocycles. The minimum Gasteiger partial charge on any atom is -0.383 e. The fraction of sp³-hybridized carbons (Fsp3) is 0.200. The second-order valence-corrected chi connectivity index (χ2v) is 4.53. The van der Waals surface area contributed by atoms with Crippen molar-refractivity contribution in [2.75, 3.05) is 30.9 Å². The number of nitrogens with zero attached hydrogens (tertiary/aromatic N) is 1. The first-order valence-electron chi connectivity index (χ1n) is 6.66. The van der Waals surface area contributed by atoms with Crippen LogP contribution in [0.4, 0.5) is 24.5 Å². The Bertz CT molecular complexity index is 693. The smallest absolute Gasteiger partial charge is 0.274 e. The van der Waals surface area contributed by atoms with Gasteiger partial charge in [0.05, 0.1) is 24.2 Å². The molecular formula is C15H14F3N3O2. The van der Waals surface area contributed by atoms with Crippen LogP contribution in [0.2, 0.25) is 0 Å². The number of methoxy groups -OCH3 is 1. The van der Waals surface area contributed by atoms with Crippen LogP contribution in [-0.4, -0.2) is 31.2 Å². The summed E-state index contributed by atoms with van der Waals surface area (Å²) in [6, 6.07) is 4.69. The third-order valence-electron chi connectivity index (χ3n) is 2.91. The number of pyridine rings is 1. The van der Waals surface area contributed by atoms with Crippen LogP contribution in [0.15, 0.2) is 30.5 Å². The van der Waals surface area contributed by atoms with Gasteiger partial charge < -0.3 is 15.4 Å². The van der Waals surface area contributed by atoms with Crippen LogP contribution in [0.3, 0.4) is 0 Å². The maximum absolute atomic E-state index is 13.5. The number of nitrogens with one attached hydrogen (secondary N) is 2. The van der Waals surface area contributed by atoms with E-state index in [0.717, 1.165) is 12.1 Å². The highest BCUT2D eigenvalue weighted by atomic mass is 19.2. The van der Waals surface area contributed by atoms with Gasteiger partial charge in [-0.1, -0.05) is 0 Å². The number of aromatic nitrogens is 1. The molecule has 0 spiro atoms. The molecule has 1 aromatic carbocycles. The van der Waals surface area contributed by atoms with Crippen LogP contribution < -0.4 is 10.6 Å². The average molecular weight is 325 g/mol. The van der Waals surface area contributed by atoms with Crippen molar-refractivity contribution in [3.05, 3.63) is 53.6 Å². The summed E-state index contributed by atoms with van der Waals surface area (Å²) in [7, 11) is 1.57. The molecule has 122 valence electrons. The normalized spacial score (nSPS) is 10.4. The largest absolute Gasteiger partial charge is 0.383 e. The molecule has 2 aromatic rings. The van der Waals surface area contributed by atoms with E-state index in [-0.39, 0.29) is 5.69 Å². The topological polar surface area (TPSA) is 63.2 Å². The van der Waals surface area contributed by atoms with Crippen LogP contribution in [0.25, 0.3) is 0 Å². The Kier molecular flexibility index (Phi) is 5.53.